The number of rotatable bonds is 1. The van der Waals surface area contributed by atoms with Gasteiger partial charge in [-0.2, -0.15) is 0 Å². The first-order valence-electron chi connectivity index (χ1n) is 5.43. The van der Waals surface area contributed by atoms with E-state index < -0.39 is 10.0 Å². The molecule has 0 spiro atoms. The second-order valence-corrected chi connectivity index (χ2v) is 5.42. The highest BCUT2D eigenvalue weighted by molar-refractivity contribution is 7.89. The SMILES string of the molecule is Cc1ccnc(C)n1.Nc1ccc(S(N)(=O)=O)cc1. The van der Waals surface area contributed by atoms with E-state index in [0.29, 0.717) is 5.69 Å². The fourth-order valence-electron chi connectivity index (χ4n) is 1.23. The smallest absolute Gasteiger partial charge is 0.238 e. The molecular weight excluding hydrogens is 264 g/mol. The number of sulfonamides is 1. The summed E-state index contributed by atoms with van der Waals surface area (Å²) in [6.45, 7) is 3.84. The molecule has 0 unspecified atom stereocenters. The molecule has 0 amide bonds. The lowest BCUT2D eigenvalue weighted by atomic mass is 10.3. The van der Waals surface area contributed by atoms with Crippen LogP contribution in [0, 0.1) is 13.8 Å². The number of aromatic nitrogens is 2. The Labute approximate surface area is 112 Å². The maximum Gasteiger partial charge on any atom is 0.238 e. The molecule has 0 saturated heterocycles. The third-order valence-electron chi connectivity index (χ3n) is 2.12. The number of benzene rings is 1. The number of hydrogen-bond donors (Lipinski definition) is 2. The summed E-state index contributed by atoms with van der Waals surface area (Å²) >= 11 is 0. The molecule has 1 heterocycles. The van der Waals surface area contributed by atoms with Gasteiger partial charge in [0.2, 0.25) is 10.0 Å². The first kappa shape index (κ1) is 15.1. The van der Waals surface area contributed by atoms with Crippen molar-refractivity contribution in [3.8, 4) is 0 Å². The van der Waals surface area contributed by atoms with E-state index >= 15 is 0 Å². The number of anilines is 1. The van der Waals surface area contributed by atoms with E-state index in [4.69, 9.17) is 10.9 Å². The fourth-order valence-corrected chi connectivity index (χ4v) is 1.75. The first-order chi connectivity index (χ1) is 8.79. The Hall–Kier alpha value is -1.99. The maximum atomic E-state index is 10.7. The van der Waals surface area contributed by atoms with Crippen LogP contribution in [-0.2, 0) is 10.0 Å². The van der Waals surface area contributed by atoms with Gasteiger partial charge in [-0.25, -0.2) is 23.5 Å². The van der Waals surface area contributed by atoms with E-state index in [1.807, 2.05) is 19.9 Å². The Morgan fingerprint density at radius 2 is 1.63 bits per heavy atom. The van der Waals surface area contributed by atoms with Gasteiger partial charge in [-0.3, -0.25) is 0 Å². The lowest BCUT2D eigenvalue weighted by Gasteiger charge is -1.96. The zero-order chi connectivity index (χ0) is 14.5. The van der Waals surface area contributed by atoms with Crippen molar-refractivity contribution in [2.45, 2.75) is 18.7 Å². The Bertz CT molecular complexity index is 622. The van der Waals surface area contributed by atoms with E-state index in [1.165, 1.54) is 24.3 Å². The molecule has 0 aliphatic heterocycles. The van der Waals surface area contributed by atoms with Crippen molar-refractivity contribution in [2.75, 3.05) is 5.73 Å². The number of primary sulfonamides is 1. The Morgan fingerprint density at radius 3 is 2.00 bits per heavy atom. The lowest BCUT2D eigenvalue weighted by molar-refractivity contribution is 0.598. The average molecular weight is 280 g/mol. The summed E-state index contributed by atoms with van der Waals surface area (Å²) in [4.78, 5) is 8.07. The standard InChI is InChI=1S/C6H8N2O2S.C6H8N2/c7-5-1-3-6(4-2-5)11(8,9)10;1-5-3-4-7-6(2)8-5/h1-4H,7H2,(H2,8,9,10);3-4H,1-2H3. The van der Waals surface area contributed by atoms with E-state index in [0.717, 1.165) is 11.5 Å². The van der Waals surface area contributed by atoms with Crippen LogP contribution in [-0.4, -0.2) is 18.4 Å². The topological polar surface area (TPSA) is 112 Å². The van der Waals surface area contributed by atoms with Gasteiger partial charge in [-0.1, -0.05) is 0 Å². The largest absolute Gasteiger partial charge is 0.399 e. The van der Waals surface area contributed by atoms with Crippen LogP contribution >= 0.6 is 0 Å². The fraction of sp³-hybridized carbons (Fsp3) is 0.167. The second kappa shape index (κ2) is 6.26. The molecule has 2 aromatic rings. The van der Waals surface area contributed by atoms with Crippen molar-refractivity contribution < 1.29 is 8.42 Å². The molecule has 6 nitrogen and oxygen atoms in total. The number of nitrogen functional groups attached to an aromatic ring is 1. The molecule has 102 valence electrons. The zero-order valence-electron chi connectivity index (χ0n) is 10.7. The van der Waals surface area contributed by atoms with Crippen LogP contribution in [0.15, 0.2) is 41.4 Å². The second-order valence-electron chi connectivity index (χ2n) is 3.86. The minimum absolute atomic E-state index is 0.0756. The monoisotopic (exact) mass is 280 g/mol. The van der Waals surface area contributed by atoms with Crippen molar-refractivity contribution >= 4 is 15.7 Å². The summed E-state index contributed by atoms with van der Waals surface area (Å²) in [6.07, 6.45) is 1.76. The van der Waals surface area contributed by atoms with Gasteiger partial charge in [0.15, 0.2) is 0 Å². The molecule has 1 aromatic carbocycles. The highest BCUT2D eigenvalue weighted by atomic mass is 32.2. The van der Waals surface area contributed by atoms with E-state index in [2.05, 4.69) is 9.97 Å². The molecule has 19 heavy (non-hydrogen) atoms. The molecular formula is C12H16N4O2S. The molecule has 4 N–H and O–H groups in total. The van der Waals surface area contributed by atoms with Crippen LogP contribution in [0.25, 0.3) is 0 Å². The van der Waals surface area contributed by atoms with E-state index in [-0.39, 0.29) is 4.90 Å². The third-order valence-corrected chi connectivity index (χ3v) is 3.05. The summed E-state index contributed by atoms with van der Waals surface area (Å²) in [6, 6.07) is 7.59. The van der Waals surface area contributed by atoms with Gasteiger partial charge in [-0.15, -0.1) is 0 Å². The molecule has 0 saturated carbocycles. The highest BCUT2D eigenvalue weighted by Crippen LogP contribution is 2.08. The molecule has 0 aliphatic rings. The summed E-state index contributed by atoms with van der Waals surface area (Å²) in [5.41, 5.74) is 6.87. The highest BCUT2D eigenvalue weighted by Gasteiger charge is 2.04. The Balaban J connectivity index is 0.000000200. The lowest BCUT2D eigenvalue weighted by Crippen LogP contribution is -2.11. The molecule has 0 fully saturated rings. The number of hydrogen-bond acceptors (Lipinski definition) is 5. The first-order valence-corrected chi connectivity index (χ1v) is 6.98. The van der Waals surface area contributed by atoms with Crippen LogP contribution in [0.4, 0.5) is 5.69 Å². The number of nitrogens with zero attached hydrogens (tertiary/aromatic N) is 2. The molecule has 7 heteroatoms. The normalized spacial score (nSPS) is 10.5. The van der Waals surface area contributed by atoms with E-state index in [9.17, 15) is 8.42 Å². The van der Waals surface area contributed by atoms with Crippen LogP contribution in [0.1, 0.15) is 11.5 Å². The van der Waals surface area contributed by atoms with Crippen molar-refractivity contribution in [1.29, 1.82) is 0 Å². The minimum atomic E-state index is -3.58. The Morgan fingerprint density at radius 1 is 1.05 bits per heavy atom. The maximum absolute atomic E-state index is 10.7. The third kappa shape index (κ3) is 5.45. The summed E-state index contributed by atoms with van der Waals surface area (Å²) in [5.74, 6) is 0.838. The van der Waals surface area contributed by atoms with E-state index in [1.54, 1.807) is 6.20 Å². The van der Waals surface area contributed by atoms with Crippen LogP contribution in [0.2, 0.25) is 0 Å². The molecule has 0 radical (unpaired) electrons. The van der Waals surface area contributed by atoms with Crippen LogP contribution < -0.4 is 10.9 Å². The summed E-state index contributed by atoms with van der Waals surface area (Å²) in [5, 5.41) is 4.84. The van der Waals surface area contributed by atoms with Crippen molar-refractivity contribution in [3.63, 3.8) is 0 Å². The van der Waals surface area contributed by atoms with Gasteiger partial charge in [-0.05, 0) is 44.2 Å². The Kier molecular flexibility index (Phi) is 4.96. The minimum Gasteiger partial charge on any atom is -0.399 e. The van der Waals surface area contributed by atoms with Gasteiger partial charge < -0.3 is 5.73 Å². The van der Waals surface area contributed by atoms with Gasteiger partial charge in [0.25, 0.3) is 0 Å². The van der Waals surface area contributed by atoms with Gasteiger partial charge in [0.1, 0.15) is 5.82 Å². The molecule has 0 bridgehead atoms. The summed E-state index contributed by atoms with van der Waals surface area (Å²) < 4.78 is 21.4. The molecule has 0 atom stereocenters. The van der Waals surface area contributed by atoms with Gasteiger partial charge in [0, 0.05) is 17.6 Å². The van der Waals surface area contributed by atoms with Crippen molar-refractivity contribution in [2.24, 2.45) is 5.14 Å². The molecule has 2 rings (SSSR count). The predicted octanol–water partition coefficient (Wildman–Crippen LogP) is 1.01. The molecule has 0 aliphatic carbocycles. The average Bonchev–Trinajstić information content (AvgIpc) is 2.28. The van der Waals surface area contributed by atoms with Crippen molar-refractivity contribution in [1.82, 2.24) is 9.97 Å². The van der Waals surface area contributed by atoms with Crippen LogP contribution in [0.3, 0.4) is 0 Å². The predicted molar refractivity (Wildman–Crippen MR) is 73.7 cm³/mol. The van der Waals surface area contributed by atoms with Gasteiger partial charge in [0.05, 0.1) is 4.90 Å². The molecule has 1 aromatic heterocycles. The quantitative estimate of drug-likeness (QED) is 0.757. The van der Waals surface area contributed by atoms with Crippen molar-refractivity contribution in [3.05, 3.63) is 48.0 Å². The van der Waals surface area contributed by atoms with Crippen LogP contribution in [0.5, 0.6) is 0 Å². The summed E-state index contributed by atoms with van der Waals surface area (Å²) in [7, 11) is -3.58. The number of aryl methyl sites for hydroxylation is 2. The van der Waals surface area contributed by atoms with Gasteiger partial charge >= 0.3 is 0 Å². The zero-order valence-corrected chi connectivity index (χ0v) is 11.6. The number of nitrogens with two attached hydrogens (primary N) is 2.